The highest BCUT2D eigenvalue weighted by molar-refractivity contribution is 5.15. The number of hydrogen-bond acceptors (Lipinski definition) is 7. The summed E-state index contributed by atoms with van der Waals surface area (Å²) in [5, 5.41) is 0. The standard InChI is InChI=1S/C31H39NO6/c1-33-31-30(35-19-11-18-32)29(37-22-26-16-9-4-10-17-26)28(38-31)27(36-21-25-14-7-3-8-15-25)23-34-20-24-12-5-2-6-13-24/h2-10,12-17,27-31H,11,18-23,32H2,1H3/t27-,28-,29+,30-,31?/m1/s1. The molecule has 0 bridgehead atoms. The van der Waals surface area contributed by atoms with Crippen molar-refractivity contribution in [3.8, 4) is 0 Å². The van der Waals surface area contributed by atoms with Crippen molar-refractivity contribution in [1.82, 2.24) is 0 Å². The van der Waals surface area contributed by atoms with Crippen LogP contribution in [-0.2, 0) is 48.2 Å². The molecule has 0 spiro atoms. The van der Waals surface area contributed by atoms with Crippen LogP contribution in [0.5, 0.6) is 0 Å². The van der Waals surface area contributed by atoms with Crippen LogP contribution in [0.4, 0.5) is 0 Å². The van der Waals surface area contributed by atoms with Crippen LogP contribution in [0.25, 0.3) is 0 Å². The van der Waals surface area contributed by atoms with E-state index in [0.29, 0.717) is 39.6 Å². The molecule has 1 saturated heterocycles. The van der Waals surface area contributed by atoms with Gasteiger partial charge in [-0.3, -0.25) is 0 Å². The minimum Gasteiger partial charge on any atom is -0.374 e. The van der Waals surface area contributed by atoms with E-state index in [0.717, 1.165) is 23.1 Å². The van der Waals surface area contributed by atoms with Crippen LogP contribution in [0.1, 0.15) is 23.1 Å². The Kier molecular flexibility index (Phi) is 11.7. The zero-order chi connectivity index (χ0) is 26.4. The van der Waals surface area contributed by atoms with Crippen LogP contribution in [0.15, 0.2) is 91.0 Å². The summed E-state index contributed by atoms with van der Waals surface area (Å²) in [4.78, 5) is 0. The van der Waals surface area contributed by atoms with Gasteiger partial charge in [0.25, 0.3) is 0 Å². The molecule has 7 heteroatoms. The van der Waals surface area contributed by atoms with Crippen molar-refractivity contribution in [2.45, 2.75) is 56.9 Å². The van der Waals surface area contributed by atoms with Gasteiger partial charge in [0.15, 0.2) is 6.29 Å². The minimum absolute atomic E-state index is 0.323. The van der Waals surface area contributed by atoms with E-state index in [1.54, 1.807) is 7.11 Å². The molecule has 3 aromatic rings. The van der Waals surface area contributed by atoms with Crippen molar-refractivity contribution >= 4 is 0 Å². The lowest BCUT2D eigenvalue weighted by atomic mass is 10.0. The largest absolute Gasteiger partial charge is 0.374 e. The van der Waals surface area contributed by atoms with E-state index >= 15 is 0 Å². The third-order valence-corrected chi connectivity index (χ3v) is 6.45. The van der Waals surface area contributed by atoms with Gasteiger partial charge in [-0.05, 0) is 29.7 Å². The predicted octanol–water partition coefficient (Wildman–Crippen LogP) is 4.48. The molecule has 0 amide bonds. The molecule has 2 N–H and O–H groups in total. The van der Waals surface area contributed by atoms with Crippen molar-refractivity contribution < 1.29 is 28.4 Å². The fourth-order valence-corrected chi connectivity index (χ4v) is 4.46. The highest BCUT2D eigenvalue weighted by atomic mass is 16.7. The third kappa shape index (κ3) is 8.44. The number of methoxy groups -OCH3 is 1. The molecule has 38 heavy (non-hydrogen) atoms. The molecule has 1 aliphatic heterocycles. The molecular formula is C31H39NO6. The van der Waals surface area contributed by atoms with E-state index in [-0.39, 0.29) is 0 Å². The lowest BCUT2D eigenvalue weighted by Gasteiger charge is -2.29. The minimum atomic E-state index is -0.601. The van der Waals surface area contributed by atoms with Crippen LogP contribution in [0, 0.1) is 0 Å². The van der Waals surface area contributed by atoms with E-state index in [9.17, 15) is 0 Å². The second-order valence-electron chi connectivity index (χ2n) is 9.28. The van der Waals surface area contributed by atoms with Gasteiger partial charge in [0, 0.05) is 13.7 Å². The number of rotatable bonds is 16. The number of nitrogens with two attached hydrogens (primary N) is 1. The fraction of sp³-hybridized carbons (Fsp3) is 0.419. The second kappa shape index (κ2) is 15.7. The molecule has 0 aliphatic carbocycles. The summed E-state index contributed by atoms with van der Waals surface area (Å²) in [7, 11) is 1.62. The maximum Gasteiger partial charge on any atom is 0.186 e. The molecule has 0 saturated carbocycles. The van der Waals surface area contributed by atoms with E-state index in [2.05, 4.69) is 0 Å². The average molecular weight is 522 g/mol. The Morgan fingerprint density at radius 1 is 0.737 bits per heavy atom. The van der Waals surface area contributed by atoms with E-state index in [4.69, 9.17) is 34.2 Å². The summed E-state index contributed by atoms with van der Waals surface area (Å²) in [6.45, 7) is 2.65. The molecule has 204 valence electrons. The maximum absolute atomic E-state index is 6.48. The van der Waals surface area contributed by atoms with Crippen molar-refractivity contribution in [1.29, 1.82) is 0 Å². The normalized spacial score (nSPS) is 21.9. The second-order valence-corrected chi connectivity index (χ2v) is 9.28. The smallest absolute Gasteiger partial charge is 0.186 e. The summed E-state index contributed by atoms with van der Waals surface area (Å²) in [5.41, 5.74) is 8.94. The summed E-state index contributed by atoms with van der Waals surface area (Å²) in [6, 6.07) is 30.2. The molecule has 7 nitrogen and oxygen atoms in total. The van der Waals surface area contributed by atoms with Crippen molar-refractivity contribution in [3.05, 3.63) is 108 Å². The van der Waals surface area contributed by atoms with Gasteiger partial charge >= 0.3 is 0 Å². The number of benzene rings is 3. The highest BCUT2D eigenvalue weighted by Crippen LogP contribution is 2.32. The Labute approximate surface area is 225 Å². The molecule has 3 aromatic carbocycles. The predicted molar refractivity (Wildman–Crippen MR) is 145 cm³/mol. The van der Waals surface area contributed by atoms with Crippen molar-refractivity contribution in [2.75, 3.05) is 26.9 Å². The van der Waals surface area contributed by atoms with Crippen molar-refractivity contribution in [2.24, 2.45) is 5.73 Å². The maximum atomic E-state index is 6.48. The Hall–Kier alpha value is -2.62. The average Bonchev–Trinajstić information content (AvgIpc) is 3.32. The molecule has 1 fully saturated rings. The molecule has 1 aliphatic rings. The first kappa shape index (κ1) is 28.4. The molecule has 5 atom stereocenters. The zero-order valence-electron chi connectivity index (χ0n) is 22.0. The summed E-state index contributed by atoms with van der Waals surface area (Å²) < 4.78 is 37.4. The summed E-state index contributed by atoms with van der Waals surface area (Å²) in [5.74, 6) is 0. The third-order valence-electron chi connectivity index (χ3n) is 6.45. The van der Waals surface area contributed by atoms with Gasteiger partial charge < -0.3 is 34.2 Å². The van der Waals surface area contributed by atoms with Gasteiger partial charge in [-0.15, -0.1) is 0 Å². The van der Waals surface area contributed by atoms with Gasteiger partial charge in [0.2, 0.25) is 0 Å². The van der Waals surface area contributed by atoms with Crippen molar-refractivity contribution in [3.63, 3.8) is 0 Å². The quantitative estimate of drug-likeness (QED) is 0.278. The Bertz CT molecular complexity index is 1020. The topological polar surface area (TPSA) is 81.4 Å². The molecule has 0 radical (unpaired) electrons. The SMILES string of the molecule is COC1O[C@H]([C@@H](COCc2ccccc2)OCc2ccccc2)[C@H](OCc2ccccc2)[C@H]1OCCCN. The summed E-state index contributed by atoms with van der Waals surface area (Å²) >= 11 is 0. The van der Waals surface area contributed by atoms with E-state index in [1.807, 2.05) is 91.0 Å². The monoisotopic (exact) mass is 521 g/mol. The fourth-order valence-electron chi connectivity index (χ4n) is 4.46. The van der Waals surface area contributed by atoms with Crippen LogP contribution >= 0.6 is 0 Å². The molecule has 0 aromatic heterocycles. The number of hydrogen-bond donors (Lipinski definition) is 1. The van der Waals surface area contributed by atoms with Crippen LogP contribution in [-0.4, -0.2) is 57.6 Å². The lowest BCUT2D eigenvalue weighted by Crippen LogP contribution is -2.45. The zero-order valence-corrected chi connectivity index (χ0v) is 22.0. The van der Waals surface area contributed by atoms with Crippen LogP contribution < -0.4 is 5.73 Å². The molecule has 1 unspecified atom stereocenters. The first-order chi connectivity index (χ1) is 18.8. The van der Waals surface area contributed by atoms with Crippen LogP contribution in [0.3, 0.4) is 0 Å². The lowest BCUT2D eigenvalue weighted by molar-refractivity contribution is -0.185. The number of ether oxygens (including phenoxy) is 6. The van der Waals surface area contributed by atoms with Gasteiger partial charge in [0.05, 0.1) is 26.4 Å². The Balaban J connectivity index is 1.52. The van der Waals surface area contributed by atoms with Crippen LogP contribution in [0.2, 0.25) is 0 Å². The summed E-state index contributed by atoms with van der Waals surface area (Å²) in [6.07, 6.45) is -1.62. The molecular weight excluding hydrogens is 482 g/mol. The molecule has 4 rings (SSSR count). The first-order valence-electron chi connectivity index (χ1n) is 13.2. The highest BCUT2D eigenvalue weighted by Gasteiger charge is 2.50. The van der Waals surface area contributed by atoms with Gasteiger partial charge in [-0.25, -0.2) is 0 Å². The first-order valence-corrected chi connectivity index (χ1v) is 13.2. The van der Waals surface area contributed by atoms with E-state index < -0.39 is 30.7 Å². The van der Waals surface area contributed by atoms with Gasteiger partial charge in [0.1, 0.15) is 24.4 Å². The Morgan fingerprint density at radius 2 is 1.32 bits per heavy atom. The van der Waals surface area contributed by atoms with Gasteiger partial charge in [-0.2, -0.15) is 0 Å². The van der Waals surface area contributed by atoms with Gasteiger partial charge in [-0.1, -0.05) is 91.0 Å². The Morgan fingerprint density at radius 3 is 1.89 bits per heavy atom. The van der Waals surface area contributed by atoms with E-state index in [1.165, 1.54) is 0 Å². The molecule has 1 heterocycles.